The van der Waals surface area contributed by atoms with Crippen LogP contribution in [0.4, 0.5) is 5.69 Å². The van der Waals surface area contributed by atoms with Gasteiger partial charge < -0.3 is 4.84 Å². The van der Waals surface area contributed by atoms with Gasteiger partial charge >= 0.3 is 0 Å². The Balaban J connectivity index is 1.75. The molecular weight excluding hydrogens is 408 g/mol. The highest BCUT2D eigenvalue weighted by molar-refractivity contribution is 9.10. The lowest BCUT2D eigenvalue weighted by Crippen LogP contribution is -2.33. The number of nitrogens with zero attached hydrogens (tertiary/aromatic N) is 2. The van der Waals surface area contributed by atoms with Crippen LogP contribution < -0.4 is 4.90 Å². The number of rotatable bonds is 2. The fourth-order valence-electron chi connectivity index (χ4n) is 3.10. The van der Waals surface area contributed by atoms with Gasteiger partial charge in [0.1, 0.15) is 11.6 Å². The minimum atomic E-state index is -0.952. The molecule has 126 valence electrons. The second-order valence-corrected chi connectivity index (χ2v) is 7.19. The summed E-state index contributed by atoms with van der Waals surface area (Å²) in [6.45, 7) is 1.93. The molecule has 0 spiro atoms. The number of benzene rings is 2. The molecule has 0 aromatic heterocycles. The Morgan fingerprint density at radius 1 is 1.16 bits per heavy atom. The molecule has 0 radical (unpaired) electrons. The Labute approximate surface area is 157 Å². The van der Waals surface area contributed by atoms with Crippen molar-refractivity contribution in [3.8, 4) is 0 Å². The van der Waals surface area contributed by atoms with Gasteiger partial charge in [-0.2, -0.15) is 0 Å². The molecule has 25 heavy (non-hydrogen) atoms. The second kappa shape index (κ2) is 5.97. The molecule has 0 saturated carbocycles. The molecule has 2 amide bonds. The van der Waals surface area contributed by atoms with E-state index in [1.54, 1.807) is 30.3 Å². The number of carbonyl (C=O) groups excluding carboxylic acids is 2. The van der Waals surface area contributed by atoms with E-state index < -0.39 is 17.9 Å². The molecule has 2 atom stereocenters. The molecule has 1 fully saturated rings. The number of hydrogen-bond acceptors (Lipinski definition) is 4. The first-order chi connectivity index (χ1) is 12.0. The minimum absolute atomic E-state index is 0.365. The molecule has 7 heteroatoms. The van der Waals surface area contributed by atoms with Crippen LogP contribution >= 0.6 is 27.5 Å². The Kier molecular flexibility index (Phi) is 3.89. The molecule has 5 nitrogen and oxygen atoms in total. The summed E-state index contributed by atoms with van der Waals surface area (Å²) in [7, 11) is 0. The molecule has 2 unspecified atom stereocenters. The number of imide groups is 1. The highest BCUT2D eigenvalue weighted by Gasteiger charge is 2.56. The number of fused-ring (bicyclic) bond motifs is 1. The van der Waals surface area contributed by atoms with Gasteiger partial charge in [-0.3, -0.25) is 9.59 Å². The summed E-state index contributed by atoms with van der Waals surface area (Å²) in [6, 6.07) is 12.5. The molecular formula is C18H12BrClN2O3. The average molecular weight is 420 g/mol. The van der Waals surface area contributed by atoms with Crippen LogP contribution in [0.1, 0.15) is 11.1 Å². The first-order valence-electron chi connectivity index (χ1n) is 7.61. The fourth-order valence-corrected chi connectivity index (χ4v) is 4.00. The van der Waals surface area contributed by atoms with Crippen LogP contribution in [0.3, 0.4) is 0 Å². The summed E-state index contributed by atoms with van der Waals surface area (Å²) in [5.41, 5.74) is 2.50. The van der Waals surface area contributed by atoms with Crippen molar-refractivity contribution in [3.63, 3.8) is 0 Å². The first kappa shape index (κ1) is 16.3. The highest BCUT2D eigenvalue weighted by Crippen LogP contribution is 2.38. The van der Waals surface area contributed by atoms with Gasteiger partial charge in [0.15, 0.2) is 0 Å². The van der Waals surface area contributed by atoms with E-state index in [2.05, 4.69) is 21.1 Å². The second-order valence-electron chi connectivity index (χ2n) is 5.93. The molecule has 0 bridgehead atoms. The summed E-state index contributed by atoms with van der Waals surface area (Å²) in [6.07, 6.45) is -0.952. The van der Waals surface area contributed by atoms with E-state index in [0.29, 0.717) is 26.5 Å². The van der Waals surface area contributed by atoms with Crippen molar-refractivity contribution in [2.75, 3.05) is 4.90 Å². The van der Waals surface area contributed by atoms with Crippen LogP contribution in [0, 0.1) is 12.8 Å². The summed E-state index contributed by atoms with van der Waals surface area (Å²) in [5, 5.41) is 4.43. The normalized spacial score (nSPS) is 22.0. The zero-order valence-electron chi connectivity index (χ0n) is 13.1. The maximum Gasteiger partial charge on any atom is 0.279 e. The minimum Gasteiger partial charge on any atom is -0.381 e. The lowest BCUT2D eigenvalue weighted by molar-refractivity contribution is -0.126. The van der Waals surface area contributed by atoms with Crippen molar-refractivity contribution in [1.82, 2.24) is 0 Å². The zero-order valence-corrected chi connectivity index (χ0v) is 15.4. The molecule has 1 saturated heterocycles. The van der Waals surface area contributed by atoms with E-state index in [9.17, 15) is 9.59 Å². The van der Waals surface area contributed by atoms with Crippen molar-refractivity contribution in [2.45, 2.75) is 13.0 Å². The van der Waals surface area contributed by atoms with Gasteiger partial charge in [-0.25, -0.2) is 4.90 Å². The van der Waals surface area contributed by atoms with Crippen molar-refractivity contribution in [2.24, 2.45) is 11.1 Å². The van der Waals surface area contributed by atoms with Crippen LogP contribution in [-0.2, 0) is 14.4 Å². The third-order valence-corrected chi connectivity index (χ3v) is 5.27. The zero-order chi connectivity index (χ0) is 17.7. The first-order valence-corrected chi connectivity index (χ1v) is 8.78. The average Bonchev–Trinajstić information content (AvgIpc) is 3.10. The summed E-state index contributed by atoms with van der Waals surface area (Å²) in [5.74, 6) is -1.58. The van der Waals surface area contributed by atoms with Crippen LogP contribution in [0.5, 0.6) is 0 Å². The van der Waals surface area contributed by atoms with Crippen molar-refractivity contribution < 1.29 is 14.4 Å². The van der Waals surface area contributed by atoms with Gasteiger partial charge in [-0.05, 0) is 46.6 Å². The van der Waals surface area contributed by atoms with Crippen LogP contribution in [-0.4, -0.2) is 23.6 Å². The predicted octanol–water partition coefficient (Wildman–Crippen LogP) is 3.70. The lowest BCUT2D eigenvalue weighted by atomic mass is 9.94. The number of hydrogen-bond donors (Lipinski definition) is 0. The number of aryl methyl sites for hydroxylation is 1. The van der Waals surface area contributed by atoms with Gasteiger partial charge in [-0.1, -0.05) is 41.0 Å². The molecule has 2 aromatic rings. The van der Waals surface area contributed by atoms with Crippen LogP contribution in [0.2, 0.25) is 5.02 Å². The van der Waals surface area contributed by atoms with Crippen LogP contribution in [0.25, 0.3) is 0 Å². The SMILES string of the molecule is Cc1ccc(N2C(=O)C3ON=C(c4ccccc4Cl)C3C2=O)c(Br)c1. The number of halogens is 2. The molecule has 2 aliphatic heterocycles. The maximum absolute atomic E-state index is 13.0. The van der Waals surface area contributed by atoms with Crippen molar-refractivity contribution in [1.29, 1.82) is 0 Å². The maximum atomic E-state index is 13.0. The molecule has 0 aliphatic carbocycles. The summed E-state index contributed by atoms with van der Waals surface area (Å²) < 4.78 is 0.672. The summed E-state index contributed by atoms with van der Waals surface area (Å²) >= 11 is 9.65. The van der Waals surface area contributed by atoms with E-state index in [-0.39, 0.29) is 5.91 Å². The van der Waals surface area contributed by atoms with Gasteiger partial charge in [0.05, 0.1) is 5.69 Å². The van der Waals surface area contributed by atoms with E-state index in [4.69, 9.17) is 16.4 Å². The lowest BCUT2D eigenvalue weighted by Gasteiger charge is -2.17. The number of amides is 2. The number of anilines is 1. The highest BCUT2D eigenvalue weighted by atomic mass is 79.9. The van der Waals surface area contributed by atoms with Crippen molar-refractivity contribution in [3.05, 3.63) is 63.1 Å². The van der Waals surface area contributed by atoms with Gasteiger partial charge in [0.2, 0.25) is 12.0 Å². The smallest absolute Gasteiger partial charge is 0.279 e. The van der Waals surface area contributed by atoms with Crippen LogP contribution in [0.15, 0.2) is 52.1 Å². The monoisotopic (exact) mass is 418 g/mol. The number of oxime groups is 1. The third kappa shape index (κ3) is 2.48. The fraction of sp³-hybridized carbons (Fsp3) is 0.167. The molecule has 4 rings (SSSR count). The summed E-state index contributed by atoms with van der Waals surface area (Å²) in [4.78, 5) is 32.2. The van der Waals surface area contributed by atoms with Crippen molar-refractivity contribution >= 4 is 50.7 Å². The van der Waals surface area contributed by atoms with E-state index in [1.807, 2.05) is 19.1 Å². The Hall–Kier alpha value is -2.18. The largest absolute Gasteiger partial charge is 0.381 e. The Bertz CT molecular complexity index is 944. The Morgan fingerprint density at radius 2 is 1.92 bits per heavy atom. The predicted molar refractivity (Wildman–Crippen MR) is 97.7 cm³/mol. The topological polar surface area (TPSA) is 59.0 Å². The standard InChI is InChI=1S/C18H12BrClN2O3/c1-9-6-7-13(11(19)8-9)22-17(23)14-15(21-25-16(14)18(22)24)10-4-2-3-5-12(10)20/h2-8,14,16H,1H3. The van der Waals surface area contributed by atoms with Gasteiger partial charge in [0, 0.05) is 15.1 Å². The Morgan fingerprint density at radius 3 is 2.64 bits per heavy atom. The van der Waals surface area contributed by atoms with E-state index in [1.165, 1.54) is 0 Å². The third-order valence-electron chi connectivity index (χ3n) is 4.31. The van der Waals surface area contributed by atoms with Gasteiger partial charge in [-0.15, -0.1) is 0 Å². The molecule has 2 aliphatic rings. The molecule has 0 N–H and O–H groups in total. The number of carbonyl (C=O) groups is 2. The van der Waals surface area contributed by atoms with E-state index >= 15 is 0 Å². The molecule has 2 heterocycles. The quantitative estimate of drug-likeness (QED) is 0.697. The van der Waals surface area contributed by atoms with Gasteiger partial charge in [0.25, 0.3) is 5.91 Å². The molecule has 2 aromatic carbocycles. The van der Waals surface area contributed by atoms with E-state index in [0.717, 1.165) is 10.5 Å².